The molecule has 2 rings (SSSR count). The van der Waals surface area contributed by atoms with Crippen LogP contribution in [0.2, 0.25) is 0 Å². The lowest BCUT2D eigenvalue weighted by Gasteiger charge is -2.08. The van der Waals surface area contributed by atoms with Gasteiger partial charge in [-0.3, -0.25) is 9.98 Å². The maximum Gasteiger partial charge on any atom is 0.573 e. The highest BCUT2D eigenvalue weighted by molar-refractivity contribution is 5.99. The average molecular weight is 298 g/mol. The van der Waals surface area contributed by atoms with Crippen LogP contribution < -0.4 is 4.74 Å². The quantitative estimate of drug-likeness (QED) is 0.627. The van der Waals surface area contributed by atoms with E-state index >= 15 is 0 Å². The zero-order valence-corrected chi connectivity index (χ0v) is 10.9. The summed E-state index contributed by atoms with van der Waals surface area (Å²) in [4.78, 5) is 7.88. The number of pyridine rings is 1. The molecule has 110 valence electrons. The third kappa shape index (κ3) is 4.55. The van der Waals surface area contributed by atoms with Gasteiger partial charge in [0.15, 0.2) is 0 Å². The minimum absolute atomic E-state index is 0.327. The Morgan fingerprint density at radius 1 is 1.14 bits per heavy atom. The van der Waals surface area contributed by atoms with Crippen molar-refractivity contribution in [3.8, 4) is 5.75 Å². The van der Waals surface area contributed by atoms with Gasteiger partial charge in [-0.15, -0.1) is 13.2 Å². The van der Waals surface area contributed by atoms with E-state index in [1.54, 1.807) is 6.92 Å². The van der Waals surface area contributed by atoms with Gasteiger partial charge in [0.1, 0.15) is 11.6 Å². The molecule has 0 aliphatic carbocycles. The molecule has 0 amide bonds. The first-order chi connectivity index (χ1) is 9.83. The Morgan fingerprint density at radius 3 is 2.38 bits per heavy atom. The molecule has 0 radical (unpaired) electrons. The number of alkyl halides is 3. The smallest absolute Gasteiger partial charge is 0.406 e. The zero-order chi connectivity index (χ0) is 15.5. The molecule has 0 saturated heterocycles. The summed E-state index contributed by atoms with van der Waals surface area (Å²) in [6.45, 7) is 1.65. The Balaban J connectivity index is 2.17. The van der Waals surface area contributed by atoms with Crippen LogP contribution in [0.3, 0.4) is 0 Å². The number of aromatic nitrogens is 1. The van der Waals surface area contributed by atoms with Gasteiger partial charge in [0.05, 0.1) is 11.9 Å². The molecule has 0 aliphatic rings. The number of nitrogens with zero attached hydrogens (tertiary/aromatic N) is 2. The maximum absolute atomic E-state index is 13.0. The molecule has 21 heavy (non-hydrogen) atoms. The van der Waals surface area contributed by atoms with Gasteiger partial charge in [-0.25, -0.2) is 4.39 Å². The van der Waals surface area contributed by atoms with Crippen LogP contribution in [0, 0.1) is 5.82 Å². The van der Waals surface area contributed by atoms with Crippen molar-refractivity contribution in [2.75, 3.05) is 0 Å². The first-order valence-electron chi connectivity index (χ1n) is 5.85. The summed E-state index contributed by atoms with van der Waals surface area (Å²) >= 11 is 0. The summed E-state index contributed by atoms with van der Waals surface area (Å²) in [6.07, 6.45) is -2.21. The summed E-state index contributed by atoms with van der Waals surface area (Å²) in [5.41, 5.74) is 1.41. The van der Waals surface area contributed by atoms with Crippen LogP contribution >= 0.6 is 0 Å². The van der Waals surface area contributed by atoms with Crippen molar-refractivity contribution in [2.45, 2.75) is 13.3 Å². The summed E-state index contributed by atoms with van der Waals surface area (Å²) in [7, 11) is 0. The van der Waals surface area contributed by atoms with Crippen molar-refractivity contribution >= 4 is 11.4 Å². The van der Waals surface area contributed by atoms with Gasteiger partial charge < -0.3 is 4.74 Å². The van der Waals surface area contributed by atoms with Gasteiger partial charge in [-0.2, -0.15) is 0 Å². The van der Waals surface area contributed by atoms with E-state index in [-0.39, 0.29) is 5.75 Å². The van der Waals surface area contributed by atoms with Crippen LogP contribution in [-0.4, -0.2) is 17.1 Å². The Kier molecular flexibility index (Phi) is 4.21. The molecule has 0 spiro atoms. The highest BCUT2D eigenvalue weighted by Crippen LogP contribution is 2.25. The van der Waals surface area contributed by atoms with E-state index < -0.39 is 12.2 Å². The molecule has 0 unspecified atom stereocenters. The molecule has 0 atom stereocenters. The van der Waals surface area contributed by atoms with Gasteiger partial charge >= 0.3 is 6.36 Å². The van der Waals surface area contributed by atoms with E-state index in [2.05, 4.69) is 14.7 Å². The van der Waals surface area contributed by atoms with E-state index in [1.165, 1.54) is 24.4 Å². The van der Waals surface area contributed by atoms with Gasteiger partial charge in [-0.05, 0) is 37.3 Å². The summed E-state index contributed by atoms with van der Waals surface area (Å²) < 4.78 is 52.8. The Morgan fingerprint density at radius 2 is 1.81 bits per heavy atom. The number of halogens is 4. The lowest BCUT2D eigenvalue weighted by Crippen LogP contribution is -2.16. The highest BCUT2D eigenvalue weighted by Gasteiger charge is 2.30. The molecule has 1 heterocycles. The molecule has 0 saturated carbocycles. The Labute approximate surface area is 117 Å². The van der Waals surface area contributed by atoms with Crippen molar-refractivity contribution in [3.05, 3.63) is 54.1 Å². The van der Waals surface area contributed by atoms with Crippen LogP contribution in [0.4, 0.5) is 23.2 Å². The SMILES string of the molecule is C/C(=N\c1ccc(OC(F)(F)F)cc1)c1cncc(F)c1. The third-order valence-electron chi connectivity index (χ3n) is 2.49. The standard InChI is InChI=1S/C14H10F4N2O/c1-9(10-6-11(15)8-19-7-10)20-12-2-4-13(5-3-12)21-14(16,17)18/h2-8H,1H3/b20-9+. The number of rotatable bonds is 3. The minimum atomic E-state index is -4.73. The van der Waals surface area contributed by atoms with Gasteiger partial charge in [-0.1, -0.05) is 0 Å². The molecule has 7 heteroatoms. The second-order valence-electron chi connectivity index (χ2n) is 4.13. The lowest BCUT2D eigenvalue weighted by atomic mass is 10.2. The molecule has 3 nitrogen and oxygen atoms in total. The number of aliphatic imine (C=N–C) groups is 1. The van der Waals surface area contributed by atoms with Gasteiger partial charge in [0, 0.05) is 17.5 Å². The summed E-state index contributed by atoms with van der Waals surface area (Å²) in [6, 6.07) is 6.33. The fraction of sp³-hybridized carbons (Fsp3) is 0.143. The highest BCUT2D eigenvalue weighted by atomic mass is 19.4. The molecule has 0 aliphatic heterocycles. The van der Waals surface area contributed by atoms with Gasteiger partial charge in [0.25, 0.3) is 0 Å². The van der Waals surface area contributed by atoms with Crippen LogP contribution in [0.15, 0.2) is 47.7 Å². The van der Waals surface area contributed by atoms with E-state index in [0.717, 1.165) is 18.3 Å². The van der Waals surface area contributed by atoms with E-state index in [4.69, 9.17) is 0 Å². The average Bonchev–Trinajstić information content (AvgIpc) is 2.39. The van der Waals surface area contributed by atoms with Crippen LogP contribution in [0.25, 0.3) is 0 Å². The van der Waals surface area contributed by atoms with Crippen molar-refractivity contribution in [1.82, 2.24) is 4.98 Å². The van der Waals surface area contributed by atoms with Crippen LogP contribution in [-0.2, 0) is 0 Å². The first kappa shape index (κ1) is 15.0. The Hall–Kier alpha value is -2.44. The molecular weight excluding hydrogens is 288 g/mol. The normalized spacial score (nSPS) is 12.3. The van der Waals surface area contributed by atoms with E-state index in [9.17, 15) is 17.6 Å². The molecule has 2 aromatic rings. The molecule has 0 fully saturated rings. The zero-order valence-electron chi connectivity index (χ0n) is 10.9. The molecule has 1 aromatic heterocycles. The lowest BCUT2D eigenvalue weighted by molar-refractivity contribution is -0.274. The van der Waals surface area contributed by atoms with Crippen molar-refractivity contribution in [2.24, 2.45) is 4.99 Å². The topological polar surface area (TPSA) is 34.5 Å². The predicted octanol–water partition coefficient (Wildman–Crippen LogP) is 4.26. The summed E-state index contributed by atoms with van der Waals surface area (Å²) in [5, 5.41) is 0. The van der Waals surface area contributed by atoms with Crippen LogP contribution in [0.1, 0.15) is 12.5 Å². The van der Waals surface area contributed by atoms with Crippen molar-refractivity contribution < 1.29 is 22.3 Å². The molecule has 0 bridgehead atoms. The molecule has 0 N–H and O–H groups in total. The van der Waals surface area contributed by atoms with Crippen molar-refractivity contribution in [3.63, 3.8) is 0 Å². The Bertz CT molecular complexity index is 651. The first-order valence-corrected chi connectivity index (χ1v) is 5.85. The van der Waals surface area contributed by atoms with Gasteiger partial charge in [0.2, 0.25) is 0 Å². The molecular formula is C14H10F4N2O. The number of hydrogen-bond acceptors (Lipinski definition) is 3. The summed E-state index contributed by atoms with van der Waals surface area (Å²) in [5.74, 6) is -0.817. The predicted molar refractivity (Wildman–Crippen MR) is 69.2 cm³/mol. The fourth-order valence-electron chi connectivity index (χ4n) is 1.59. The maximum atomic E-state index is 13.0. The van der Waals surface area contributed by atoms with E-state index in [1.807, 2.05) is 0 Å². The third-order valence-corrected chi connectivity index (χ3v) is 2.49. The second-order valence-corrected chi connectivity index (χ2v) is 4.13. The monoisotopic (exact) mass is 298 g/mol. The number of hydrogen-bond donors (Lipinski definition) is 0. The number of ether oxygens (including phenoxy) is 1. The second kappa shape index (κ2) is 5.90. The van der Waals surface area contributed by atoms with Crippen molar-refractivity contribution in [1.29, 1.82) is 0 Å². The molecule has 1 aromatic carbocycles. The van der Waals surface area contributed by atoms with Crippen LogP contribution in [0.5, 0.6) is 5.75 Å². The minimum Gasteiger partial charge on any atom is -0.406 e. The largest absolute Gasteiger partial charge is 0.573 e. The van der Waals surface area contributed by atoms with E-state index in [0.29, 0.717) is 17.0 Å². The number of benzene rings is 1. The fourth-order valence-corrected chi connectivity index (χ4v) is 1.59.